The first-order valence-electron chi connectivity index (χ1n) is 5.55. The second-order valence-electron chi connectivity index (χ2n) is 4.10. The molecule has 0 aliphatic heterocycles. The number of benzene rings is 2. The van der Waals surface area contributed by atoms with Gasteiger partial charge in [0.2, 0.25) is 0 Å². The molecular weight excluding hydrogens is 293 g/mol. The van der Waals surface area contributed by atoms with E-state index < -0.39 is 17.7 Å². The topological polar surface area (TPSA) is 20.2 Å². The number of aliphatic hydroxyl groups excluding tert-OH is 1. The van der Waals surface area contributed by atoms with E-state index in [0.717, 1.165) is 0 Å². The predicted octanol–water partition coefficient (Wildman–Crippen LogP) is 4.55. The van der Waals surface area contributed by atoms with Gasteiger partial charge in [0.25, 0.3) is 0 Å². The van der Waals surface area contributed by atoms with E-state index >= 15 is 0 Å². The molecule has 0 saturated heterocycles. The van der Waals surface area contributed by atoms with Crippen LogP contribution in [0.5, 0.6) is 0 Å². The van der Waals surface area contributed by atoms with Gasteiger partial charge in [-0.2, -0.15) is 0 Å². The summed E-state index contributed by atoms with van der Waals surface area (Å²) in [6.07, 6.45) is -1.13. The van der Waals surface area contributed by atoms with Gasteiger partial charge in [0.15, 0.2) is 0 Å². The molecule has 0 aliphatic carbocycles. The highest BCUT2D eigenvalue weighted by molar-refractivity contribution is 6.31. The molecule has 1 N–H and O–H groups in total. The van der Waals surface area contributed by atoms with E-state index in [1.54, 1.807) is 6.07 Å². The molecule has 0 bridgehead atoms. The first-order valence-corrected chi connectivity index (χ1v) is 6.30. The largest absolute Gasteiger partial charge is 0.388 e. The van der Waals surface area contributed by atoms with Crippen LogP contribution in [0.1, 0.15) is 17.2 Å². The highest BCUT2D eigenvalue weighted by atomic mass is 35.5. The maximum Gasteiger partial charge on any atom is 0.142 e. The van der Waals surface area contributed by atoms with Gasteiger partial charge in [0.05, 0.1) is 11.1 Å². The molecule has 0 aliphatic rings. The zero-order valence-corrected chi connectivity index (χ0v) is 11.2. The quantitative estimate of drug-likeness (QED) is 0.882. The molecule has 19 heavy (non-hydrogen) atoms. The minimum absolute atomic E-state index is 0.00779. The average Bonchev–Trinajstić information content (AvgIpc) is 2.38. The van der Waals surface area contributed by atoms with Crippen LogP contribution >= 0.6 is 23.2 Å². The lowest BCUT2D eigenvalue weighted by Gasteiger charge is -2.13. The minimum Gasteiger partial charge on any atom is -0.388 e. The summed E-state index contributed by atoms with van der Waals surface area (Å²) in [5.74, 6) is -1.14. The Labute approximate surface area is 119 Å². The van der Waals surface area contributed by atoms with E-state index in [9.17, 15) is 13.9 Å². The van der Waals surface area contributed by atoms with Crippen LogP contribution in [-0.4, -0.2) is 5.11 Å². The minimum atomic E-state index is -1.14. The third-order valence-corrected chi connectivity index (χ3v) is 3.42. The molecule has 0 spiro atoms. The van der Waals surface area contributed by atoms with Crippen LogP contribution in [0.15, 0.2) is 36.4 Å². The van der Waals surface area contributed by atoms with Gasteiger partial charge in [0, 0.05) is 17.0 Å². The summed E-state index contributed by atoms with van der Waals surface area (Å²) >= 11 is 11.5. The zero-order chi connectivity index (χ0) is 14.0. The summed E-state index contributed by atoms with van der Waals surface area (Å²) in [6, 6.07) is 8.19. The molecular formula is C14H10Cl2F2O. The lowest BCUT2D eigenvalue weighted by molar-refractivity contribution is 0.173. The van der Waals surface area contributed by atoms with E-state index in [2.05, 4.69) is 0 Å². The van der Waals surface area contributed by atoms with Crippen molar-refractivity contribution in [2.45, 2.75) is 12.5 Å². The molecule has 0 amide bonds. The fraction of sp³-hybridized carbons (Fsp3) is 0.143. The molecule has 2 aromatic carbocycles. The average molecular weight is 303 g/mol. The van der Waals surface area contributed by atoms with Crippen LogP contribution in [0.4, 0.5) is 8.78 Å². The Morgan fingerprint density at radius 1 is 1.05 bits per heavy atom. The van der Waals surface area contributed by atoms with Gasteiger partial charge in [-0.3, -0.25) is 0 Å². The number of aliphatic hydroxyl groups is 1. The summed E-state index contributed by atoms with van der Waals surface area (Å²) in [5, 5.41) is 10.3. The maximum absolute atomic E-state index is 13.6. The van der Waals surface area contributed by atoms with Gasteiger partial charge in [0.1, 0.15) is 11.6 Å². The number of hydrogen-bond donors (Lipinski definition) is 1. The van der Waals surface area contributed by atoms with Gasteiger partial charge < -0.3 is 5.11 Å². The van der Waals surface area contributed by atoms with Crippen molar-refractivity contribution < 1.29 is 13.9 Å². The van der Waals surface area contributed by atoms with Crippen LogP contribution in [0.3, 0.4) is 0 Å². The van der Waals surface area contributed by atoms with Gasteiger partial charge in [-0.25, -0.2) is 8.78 Å². The smallest absolute Gasteiger partial charge is 0.142 e. The highest BCUT2D eigenvalue weighted by Gasteiger charge is 2.16. The van der Waals surface area contributed by atoms with E-state index in [4.69, 9.17) is 23.2 Å². The molecule has 1 atom stereocenters. The Kier molecular flexibility index (Phi) is 4.40. The molecule has 1 nitrogen and oxygen atoms in total. The Morgan fingerprint density at radius 3 is 2.53 bits per heavy atom. The summed E-state index contributed by atoms with van der Waals surface area (Å²) < 4.78 is 26.8. The molecule has 0 saturated carbocycles. The van der Waals surface area contributed by atoms with Crippen molar-refractivity contribution in [3.8, 4) is 0 Å². The monoisotopic (exact) mass is 302 g/mol. The summed E-state index contributed by atoms with van der Waals surface area (Å²) in [4.78, 5) is 0. The second-order valence-corrected chi connectivity index (χ2v) is 4.91. The van der Waals surface area contributed by atoms with Crippen LogP contribution in [0.2, 0.25) is 10.0 Å². The fourth-order valence-electron chi connectivity index (χ4n) is 1.79. The van der Waals surface area contributed by atoms with E-state index in [-0.39, 0.29) is 17.0 Å². The van der Waals surface area contributed by atoms with Gasteiger partial charge in [-0.1, -0.05) is 35.3 Å². The van der Waals surface area contributed by atoms with Crippen molar-refractivity contribution in [3.05, 3.63) is 69.2 Å². The van der Waals surface area contributed by atoms with Gasteiger partial charge in [-0.05, 0) is 29.8 Å². The standard InChI is InChI=1S/C14H10Cl2F2O/c15-9-4-5-11(17)10(7-9)13(19)6-8-2-1-3-12(18)14(8)16/h1-5,7,13,19H,6H2. The molecule has 100 valence electrons. The maximum atomic E-state index is 13.6. The molecule has 0 radical (unpaired) electrons. The Morgan fingerprint density at radius 2 is 1.79 bits per heavy atom. The summed E-state index contributed by atoms with van der Waals surface area (Å²) in [7, 11) is 0. The predicted molar refractivity (Wildman–Crippen MR) is 71.5 cm³/mol. The zero-order valence-electron chi connectivity index (χ0n) is 9.71. The Balaban J connectivity index is 2.28. The second kappa shape index (κ2) is 5.87. The molecule has 0 aromatic heterocycles. The van der Waals surface area contributed by atoms with Crippen molar-refractivity contribution in [2.75, 3.05) is 0 Å². The Bertz CT molecular complexity index is 602. The SMILES string of the molecule is OC(Cc1cccc(F)c1Cl)c1cc(Cl)ccc1F. The normalized spacial score (nSPS) is 12.5. The van der Waals surface area contributed by atoms with Crippen molar-refractivity contribution in [3.63, 3.8) is 0 Å². The summed E-state index contributed by atoms with van der Waals surface area (Å²) in [6.45, 7) is 0. The highest BCUT2D eigenvalue weighted by Crippen LogP contribution is 2.28. The van der Waals surface area contributed by atoms with Crippen molar-refractivity contribution in [1.29, 1.82) is 0 Å². The van der Waals surface area contributed by atoms with Crippen molar-refractivity contribution >= 4 is 23.2 Å². The molecule has 0 fully saturated rings. The molecule has 1 unspecified atom stereocenters. The fourth-order valence-corrected chi connectivity index (χ4v) is 2.18. The van der Waals surface area contributed by atoms with E-state index in [0.29, 0.717) is 10.6 Å². The third-order valence-electron chi connectivity index (χ3n) is 2.76. The van der Waals surface area contributed by atoms with Crippen molar-refractivity contribution in [1.82, 2.24) is 0 Å². The lowest BCUT2D eigenvalue weighted by Crippen LogP contribution is -2.05. The van der Waals surface area contributed by atoms with Crippen LogP contribution < -0.4 is 0 Å². The van der Waals surface area contributed by atoms with Crippen LogP contribution in [0.25, 0.3) is 0 Å². The van der Waals surface area contributed by atoms with Crippen LogP contribution in [-0.2, 0) is 6.42 Å². The van der Waals surface area contributed by atoms with Crippen molar-refractivity contribution in [2.24, 2.45) is 0 Å². The van der Waals surface area contributed by atoms with Gasteiger partial charge >= 0.3 is 0 Å². The molecule has 2 rings (SSSR count). The summed E-state index contributed by atoms with van der Waals surface area (Å²) in [5.41, 5.74) is 0.473. The first-order chi connectivity index (χ1) is 8.99. The van der Waals surface area contributed by atoms with Crippen LogP contribution in [0, 0.1) is 11.6 Å². The van der Waals surface area contributed by atoms with E-state index in [1.807, 2.05) is 0 Å². The number of halogens is 4. The third kappa shape index (κ3) is 3.24. The van der Waals surface area contributed by atoms with E-state index in [1.165, 1.54) is 30.3 Å². The lowest BCUT2D eigenvalue weighted by atomic mass is 10.0. The Hall–Kier alpha value is -1.16. The molecule has 0 heterocycles. The molecule has 5 heteroatoms. The first kappa shape index (κ1) is 14.3. The molecule has 2 aromatic rings. The number of hydrogen-bond acceptors (Lipinski definition) is 1. The van der Waals surface area contributed by atoms with Gasteiger partial charge in [-0.15, -0.1) is 0 Å². The number of rotatable bonds is 3.